The predicted molar refractivity (Wildman–Crippen MR) is 64.6 cm³/mol. The van der Waals surface area contributed by atoms with Gasteiger partial charge in [0, 0.05) is 23.1 Å². The van der Waals surface area contributed by atoms with Crippen molar-refractivity contribution < 1.29 is 5.11 Å². The van der Waals surface area contributed by atoms with Crippen LogP contribution in [-0.2, 0) is 7.05 Å². The van der Waals surface area contributed by atoms with Gasteiger partial charge in [-0.3, -0.25) is 0 Å². The zero-order valence-electron chi connectivity index (χ0n) is 8.44. The number of hydrogen-bond donors (Lipinski definition) is 2. The maximum atomic E-state index is 9.08. The van der Waals surface area contributed by atoms with Crippen LogP contribution in [-0.4, -0.2) is 16.3 Å². The van der Waals surface area contributed by atoms with Crippen molar-refractivity contribution in [2.45, 2.75) is 6.04 Å². The molecule has 1 aromatic heterocycles. The van der Waals surface area contributed by atoms with Crippen LogP contribution >= 0.6 is 15.9 Å². The van der Waals surface area contributed by atoms with Gasteiger partial charge in [0.15, 0.2) is 0 Å². The highest BCUT2D eigenvalue weighted by Crippen LogP contribution is 2.30. The molecule has 0 fully saturated rings. The van der Waals surface area contributed by atoms with Crippen LogP contribution in [0.15, 0.2) is 28.9 Å². The molecule has 0 spiro atoms. The second kappa shape index (κ2) is 3.96. The number of aromatic nitrogens is 1. The lowest BCUT2D eigenvalue weighted by Crippen LogP contribution is -2.13. The van der Waals surface area contributed by atoms with Crippen molar-refractivity contribution in [1.82, 2.24) is 4.57 Å². The number of halogens is 1. The minimum Gasteiger partial charge on any atom is -0.394 e. The predicted octanol–water partition coefficient (Wildman–Crippen LogP) is 1.93. The molecule has 0 saturated heterocycles. The summed E-state index contributed by atoms with van der Waals surface area (Å²) in [4.78, 5) is 0. The number of benzene rings is 1. The van der Waals surface area contributed by atoms with Crippen molar-refractivity contribution in [3.05, 3.63) is 34.4 Å². The Morgan fingerprint density at radius 1 is 1.53 bits per heavy atom. The van der Waals surface area contributed by atoms with Gasteiger partial charge in [0.25, 0.3) is 0 Å². The lowest BCUT2D eigenvalue weighted by molar-refractivity contribution is 0.268. The molecule has 0 saturated carbocycles. The fourth-order valence-electron chi connectivity index (χ4n) is 1.84. The Balaban J connectivity index is 2.73. The number of nitrogens with zero attached hydrogens (tertiary/aromatic N) is 1. The lowest BCUT2D eigenvalue weighted by Gasteiger charge is -2.05. The smallest absolute Gasteiger partial charge is 0.0625 e. The number of rotatable bonds is 2. The zero-order chi connectivity index (χ0) is 11.0. The first-order valence-electron chi connectivity index (χ1n) is 4.75. The third-order valence-electron chi connectivity index (χ3n) is 2.58. The van der Waals surface area contributed by atoms with Crippen molar-refractivity contribution in [3.63, 3.8) is 0 Å². The van der Waals surface area contributed by atoms with Gasteiger partial charge in [0.05, 0.1) is 18.2 Å². The van der Waals surface area contributed by atoms with E-state index in [1.54, 1.807) is 0 Å². The summed E-state index contributed by atoms with van der Waals surface area (Å²) in [5.41, 5.74) is 7.94. The molecule has 80 valence electrons. The average Bonchev–Trinajstić information content (AvgIpc) is 2.56. The Morgan fingerprint density at radius 3 is 2.93 bits per heavy atom. The quantitative estimate of drug-likeness (QED) is 0.875. The standard InChI is InChI=1S/C11H13BrN2O/c1-14-5-8(10(13)6-15)7-3-2-4-9(12)11(7)14/h2-5,10,15H,6,13H2,1H3. The van der Waals surface area contributed by atoms with Crippen LogP contribution in [0.5, 0.6) is 0 Å². The van der Waals surface area contributed by atoms with E-state index >= 15 is 0 Å². The van der Waals surface area contributed by atoms with Gasteiger partial charge in [-0.15, -0.1) is 0 Å². The molecule has 1 heterocycles. The van der Waals surface area contributed by atoms with E-state index in [1.807, 2.05) is 36.0 Å². The molecule has 0 aliphatic heterocycles. The van der Waals surface area contributed by atoms with Crippen LogP contribution in [0.4, 0.5) is 0 Å². The summed E-state index contributed by atoms with van der Waals surface area (Å²) in [6, 6.07) is 5.67. The summed E-state index contributed by atoms with van der Waals surface area (Å²) in [5, 5.41) is 10.2. The molecule has 3 N–H and O–H groups in total. The van der Waals surface area contributed by atoms with E-state index in [1.165, 1.54) is 0 Å². The Hall–Kier alpha value is -0.840. The van der Waals surface area contributed by atoms with Crippen LogP contribution in [0.1, 0.15) is 11.6 Å². The molecule has 15 heavy (non-hydrogen) atoms. The van der Waals surface area contributed by atoms with Gasteiger partial charge in [-0.05, 0) is 27.6 Å². The molecule has 1 aromatic carbocycles. The largest absolute Gasteiger partial charge is 0.394 e. The number of hydrogen-bond acceptors (Lipinski definition) is 2. The first-order chi connectivity index (χ1) is 7.15. The molecule has 1 atom stereocenters. The van der Waals surface area contributed by atoms with Crippen molar-refractivity contribution in [2.24, 2.45) is 12.8 Å². The summed E-state index contributed by atoms with van der Waals surface area (Å²) >= 11 is 3.51. The topological polar surface area (TPSA) is 51.2 Å². The molecule has 0 aliphatic rings. The summed E-state index contributed by atoms with van der Waals surface area (Å²) in [7, 11) is 1.97. The third kappa shape index (κ3) is 1.69. The van der Waals surface area contributed by atoms with E-state index in [2.05, 4.69) is 15.9 Å². The van der Waals surface area contributed by atoms with Gasteiger partial charge in [-0.2, -0.15) is 0 Å². The Kier molecular flexibility index (Phi) is 2.82. The van der Waals surface area contributed by atoms with Gasteiger partial charge in [-0.25, -0.2) is 0 Å². The van der Waals surface area contributed by atoms with Gasteiger partial charge >= 0.3 is 0 Å². The number of fused-ring (bicyclic) bond motifs is 1. The maximum absolute atomic E-state index is 9.08. The molecule has 0 amide bonds. The second-order valence-corrected chi connectivity index (χ2v) is 4.47. The van der Waals surface area contributed by atoms with E-state index < -0.39 is 0 Å². The number of aliphatic hydroxyl groups excluding tert-OH is 1. The normalized spacial score (nSPS) is 13.3. The number of aliphatic hydroxyl groups is 1. The SMILES string of the molecule is Cn1cc(C(N)CO)c2cccc(Br)c21. The van der Waals surface area contributed by atoms with Crippen molar-refractivity contribution in [1.29, 1.82) is 0 Å². The Morgan fingerprint density at radius 2 is 2.27 bits per heavy atom. The summed E-state index contributed by atoms with van der Waals surface area (Å²) in [6.07, 6.45) is 1.97. The van der Waals surface area contributed by atoms with E-state index in [9.17, 15) is 0 Å². The first-order valence-corrected chi connectivity index (χ1v) is 5.54. The molecule has 0 bridgehead atoms. The highest BCUT2D eigenvalue weighted by atomic mass is 79.9. The zero-order valence-corrected chi connectivity index (χ0v) is 10.0. The molecule has 2 aromatic rings. The molecule has 2 rings (SSSR count). The van der Waals surface area contributed by atoms with Crippen LogP contribution in [0.3, 0.4) is 0 Å². The third-order valence-corrected chi connectivity index (χ3v) is 3.22. The van der Waals surface area contributed by atoms with Crippen LogP contribution in [0, 0.1) is 0 Å². The number of para-hydroxylation sites is 1. The van der Waals surface area contributed by atoms with Crippen LogP contribution < -0.4 is 5.73 Å². The molecular formula is C11H13BrN2O. The van der Waals surface area contributed by atoms with Crippen molar-refractivity contribution >= 4 is 26.8 Å². The molecule has 3 nitrogen and oxygen atoms in total. The Labute approximate surface area is 96.6 Å². The summed E-state index contributed by atoms with van der Waals surface area (Å²) in [5.74, 6) is 0. The number of aryl methyl sites for hydroxylation is 1. The van der Waals surface area contributed by atoms with Gasteiger partial charge in [0.2, 0.25) is 0 Å². The first kappa shape index (κ1) is 10.7. The molecule has 0 radical (unpaired) electrons. The highest BCUT2D eigenvalue weighted by molar-refractivity contribution is 9.10. The minimum absolute atomic E-state index is 0.0361. The molecular weight excluding hydrogens is 256 g/mol. The molecule has 0 aliphatic carbocycles. The van der Waals surface area contributed by atoms with Gasteiger partial charge in [-0.1, -0.05) is 12.1 Å². The fourth-order valence-corrected chi connectivity index (χ4v) is 2.49. The number of nitrogens with two attached hydrogens (primary N) is 1. The van der Waals surface area contributed by atoms with E-state index in [0.717, 1.165) is 20.9 Å². The van der Waals surface area contributed by atoms with Crippen molar-refractivity contribution in [3.8, 4) is 0 Å². The molecule has 1 unspecified atom stereocenters. The van der Waals surface area contributed by atoms with Gasteiger partial charge < -0.3 is 15.4 Å². The van der Waals surface area contributed by atoms with Gasteiger partial charge in [0.1, 0.15) is 0 Å². The Bertz CT molecular complexity index is 493. The lowest BCUT2D eigenvalue weighted by atomic mass is 10.1. The van der Waals surface area contributed by atoms with Crippen molar-refractivity contribution in [2.75, 3.05) is 6.61 Å². The van der Waals surface area contributed by atoms with E-state index in [0.29, 0.717) is 0 Å². The van der Waals surface area contributed by atoms with E-state index in [4.69, 9.17) is 10.8 Å². The maximum Gasteiger partial charge on any atom is 0.0625 e. The summed E-state index contributed by atoms with van der Waals surface area (Å²) < 4.78 is 3.06. The van der Waals surface area contributed by atoms with Crippen LogP contribution in [0.2, 0.25) is 0 Å². The highest BCUT2D eigenvalue weighted by Gasteiger charge is 2.13. The second-order valence-electron chi connectivity index (χ2n) is 3.62. The monoisotopic (exact) mass is 268 g/mol. The molecule has 4 heteroatoms. The fraction of sp³-hybridized carbons (Fsp3) is 0.273. The van der Waals surface area contributed by atoms with Crippen LogP contribution in [0.25, 0.3) is 10.9 Å². The summed E-state index contributed by atoms with van der Waals surface area (Å²) in [6.45, 7) is -0.0361. The van der Waals surface area contributed by atoms with E-state index in [-0.39, 0.29) is 12.6 Å². The average molecular weight is 269 g/mol. The minimum atomic E-state index is -0.317.